The summed E-state index contributed by atoms with van der Waals surface area (Å²) in [6, 6.07) is 5.36. The Morgan fingerprint density at radius 1 is 1.44 bits per heavy atom. The van der Waals surface area contributed by atoms with E-state index in [1.165, 1.54) is 0 Å². The molecular formula is C17H23N3O3S2. The molecule has 1 aliphatic rings. The summed E-state index contributed by atoms with van der Waals surface area (Å²) in [4.78, 5) is 14.9. The minimum atomic E-state index is -2.53. The van der Waals surface area contributed by atoms with Gasteiger partial charge < -0.3 is 5.32 Å². The predicted octanol–water partition coefficient (Wildman–Crippen LogP) is 2.85. The first-order valence-corrected chi connectivity index (χ1v) is 9.68. The molecule has 1 atom stereocenters. The van der Waals surface area contributed by atoms with E-state index in [0.717, 1.165) is 17.5 Å². The highest BCUT2D eigenvalue weighted by molar-refractivity contribution is 7.80. The van der Waals surface area contributed by atoms with Gasteiger partial charge >= 0.3 is 10.5 Å². The Kier molecular flexibility index (Phi) is 5.95. The highest BCUT2D eigenvalue weighted by Crippen LogP contribution is 2.51. The maximum absolute atomic E-state index is 13.3. The number of carbonyl (C=O) groups excluding carboxylic acids is 1. The summed E-state index contributed by atoms with van der Waals surface area (Å²) in [5.41, 5.74) is 1.27. The van der Waals surface area contributed by atoms with Crippen molar-refractivity contribution < 1.29 is 13.2 Å². The second-order valence-electron chi connectivity index (χ2n) is 6.38. The average molecular weight is 382 g/mol. The Morgan fingerprint density at radius 2 is 2.08 bits per heavy atom. The van der Waals surface area contributed by atoms with Gasteiger partial charge in [-0.3, -0.25) is 9.69 Å². The van der Waals surface area contributed by atoms with Crippen molar-refractivity contribution in [2.24, 2.45) is 4.36 Å². The lowest BCUT2D eigenvalue weighted by Crippen LogP contribution is -2.51. The lowest BCUT2D eigenvalue weighted by molar-refractivity contribution is -0.131. The molecule has 1 amide bonds. The van der Waals surface area contributed by atoms with E-state index in [1.807, 2.05) is 19.9 Å². The lowest BCUT2D eigenvalue weighted by atomic mass is 9.92. The Bertz CT molecular complexity index is 822. The van der Waals surface area contributed by atoms with Crippen molar-refractivity contribution in [2.75, 3.05) is 7.05 Å². The SMILES string of the molecule is CCC(C)N(C(=O)C1(c2ccc(C)c(N=S(=O)=O)c2)CC1)C(=S)NC. The fourth-order valence-electron chi connectivity index (χ4n) is 2.86. The standard InChI is InChI=1S/C17H23N3O3S2/c1-5-12(3)20(16(24)18-4)15(21)17(8-9-17)13-7-6-11(2)14(10-13)19-25(22)23/h6-7,10,12H,5,8-9H2,1-4H3,(H,18,24). The summed E-state index contributed by atoms with van der Waals surface area (Å²) >= 11 is 5.34. The van der Waals surface area contributed by atoms with Crippen LogP contribution in [0.5, 0.6) is 0 Å². The van der Waals surface area contributed by atoms with Crippen LogP contribution in [0.3, 0.4) is 0 Å². The molecule has 1 aromatic carbocycles. The van der Waals surface area contributed by atoms with Gasteiger partial charge in [-0.2, -0.15) is 8.42 Å². The molecule has 136 valence electrons. The van der Waals surface area contributed by atoms with Crippen LogP contribution in [0.15, 0.2) is 22.6 Å². The Balaban J connectivity index is 2.46. The van der Waals surface area contributed by atoms with Crippen molar-refractivity contribution in [3.8, 4) is 0 Å². The maximum atomic E-state index is 13.3. The number of hydrogen-bond donors (Lipinski definition) is 1. The summed E-state index contributed by atoms with van der Waals surface area (Å²) in [6.07, 6.45) is 2.22. The molecule has 0 radical (unpaired) electrons. The largest absolute Gasteiger partial charge is 0.365 e. The number of rotatable bonds is 5. The highest BCUT2D eigenvalue weighted by atomic mass is 32.2. The summed E-state index contributed by atoms with van der Waals surface area (Å²) in [5.74, 6) is -0.0424. The minimum Gasteiger partial charge on any atom is -0.365 e. The molecule has 0 spiro atoms. The van der Waals surface area contributed by atoms with Crippen molar-refractivity contribution >= 4 is 39.4 Å². The zero-order valence-electron chi connectivity index (χ0n) is 14.9. The molecule has 2 rings (SSSR count). The molecule has 0 bridgehead atoms. The van der Waals surface area contributed by atoms with Crippen LogP contribution in [-0.2, 0) is 20.7 Å². The van der Waals surface area contributed by atoms with Crippen molar-refractivity contribution in [3.05, 3.63) is 29.3 Å². The van der Waals surface area contributed by atoms with E-state index in [0.29, 0.717) is 23.6 Å². The van der Waals surface area contributed by atoms with Crippen molar-refractivity contribution in [1.82, 2.24) is 10.2 Å². The normalized spacial score (nSPS) is 15.8. The molecule has 1 aromatic rings. The molecule has 0 saturated heterocycles. The van der Waals surface area contributed by atoms with Gasteiger partial charge in [0, 0.05) is 13.1 Å². The van der Waals surface area contributed by atoms with E-state index < -0.39 is 15.9 Å². The van der Waals surface area contributed by atoms with Crippen LogP contribution in [0.4, 0.5) is 5.69 Å². The van der Waals surface area contributed by atoms with Gasteiger partial charge in [-0.05, 0) is 62.5 Å². The number of thiocarbonyl (C=S) groups is 1. The highest BCUT2D eigenvalue weighted by Gasteiger charge is 2.54. The Hall–Kier alpha value is -1.80. The number of nitrogens with zero attached hydrogens (tertiary/aromatic N) is 2. The molecular weight excluding hydrogens is 358 g/mol. The summed E-state index contributed by atoms with van der Waals surface area (Å²) in [7, 11) is -0.824. The maximum Gasteiger partial charge on any atom is 0.316 e. The van der Waals surface area contributed by atoms with Gasteiger partial charge in [-0.25, -0.2) is 0 Å². The smallest absolute Gasteiger partial charge is 0.316 e. The molecule has 1 saturated carbocycles. The number of benzene rings is 1. The predicted molar refractivity (Wildman–Crippen MR) is 101 cm³/mol. The molecule has 0 heterocycles. The topological polar surface area (TPSA) is 78.8 Å². The van der Waals surface area contributed by atoms with E-state index in [2.05, 4.69) is 9.68 Å². The van der Waals surface area contributed by atoms with Crippen LogP contribution in [0.25, 0.3) is 0 Å². The third-order valence-electron chi connectivity index (χ3n) is 4.78. The minimum absolute atomic E-state index is 0.0197. The van der Waals surface area contributed by atoms with Crippen LogP contribution in [0.1, 0.15) is 44.2 Å². The monoisotopic (exact) mass is 381 g/mol. The summed E-state index contributed by atoms with van der Waals surface area (Å²) in [6.45, 7) is 5.77. The lowest BCUT2D eigenvalue weighted by Gasteiger charge is -2.32. The first kappa shape index (κ1) is 19.5. The molecule has 0 aliphatic heterocycles. The van der Waals surface area contributed by atoms with Gasteiger partial charge in [0.25, 0.3) is 0 Å². The number of amides is 1. The number of carbonyl (C=O) groups is 1. The molecule has 1 N–H and O–H groups in total. The van der Waals surface area contributed by atoms with Crippen LogP contribution >= 0.6 is 12.2 Å². The second-order valence-corrected chi connectivity index (χ2v) is 7.38. The zero-order chi connectivity index (χ0) is 18.8. The molecule has 8 heteroatoms. The van der Waals surface area contributed by atoms with Crippen molar-refractivity contribution in [2.45, 2.75) is 51.5 Å². The quantitative estimate of drug-likeness (QED) is 0.794. The van der Waals surface area contributed by atoms with Gasteiger partial charge in [-0.1, -0.05) is 19.1 Å². The molecule has 1 fully saturated rings. The van der Waals surface area contributed by atoms with Crippen molar-refractivity contribution in [3.63, 3.8) is 0 Å². The van der Waals surface area contributed by atoms with E-state index >= 15 is 0 Å². The third-order valence-corrected chi connectivity index (χ3v) is 5.52. The molecule has 1 aliphatic carbocycles. The van der Waals surface area contributed by atoms with Crippen LogP contribution in [-0.4, -0.2) is 37.4 Å². The van der Waals surface area contributed by atoms with Crippen molar-refractivity contribution in [1.29, 1.82) is 0 Å². The van der Waals surface area contributed by atoms with Crippen LogP contribution in [0.2, 0.25) is 0 Å². The molecule has 0 aromatic heterocycles. The summed E-state index contributed by atoms with van der Waals surface area (Å²) in [5, 5.41) is 3.30. The second kappa shape index (κ2) is 7.61. The third kappa shape index (κ3) is 3.90. The van der Waals surface area contributed by atoms with Gasteiger partial charge in [0.1, 0.15) is 0 Å². The fourth-order valence-corrected chi connectivity index (χ4v) is 3.48. The number of hydrogen-bond acceptors (Lipinski definition) is 5. The average Bonchev–Trinajstić information content (AvgIpc) is 3.37. The summed E-state index contributed by atoms with van der Waals surface area (Å²) < 4.78 is 25.5. The van der Waals surface area contributed by atoms with E-state index in [4.69, 9.17) is 12.2 Å². The molecule has 6 nitrogen and oxygen atoms in total. The first-order valence-electron chi connectivity index (χ1n) is 8.24. The number of nitrogens with one attached hydrogen (secondary N) is 1. The fraction of sp³-hybridized carbons (Fsp3) is 0.529. The van der Waals surface area contributed by atoms with E-state index in [1.54, 1.807) is 31.0 Å². The van der Waals surface area contributed by atoms with Gasteiger partial charge in [0.15, 0.2) is 5.11 Å². The Morgan fingerprint density at radius 3 is 2.56 bits per heavy atom. The first-order chi connectivity index (χ1) is 11.8. The number of aryl methyl sites for hydroxylation is 1. The molecule has 25 heavy (non-hydrogen) atoms. The molecule has 1 unspecified atom stereocenters. The van der Waals surface area contributed by atoms with Gasteiger partial charge in [-0.15, -0.1) is 4.36 Å². The van der Waals surface area contributed by atoms with E-state index in [9.17, 15) is 13.2 Å². The van der Waals surface area contributed by atoms with E-state index in [-0.39, 0.29) is 11.9 Å². The van der Waals surface area contributed by atoms with Gasteiger partial charge in [0.05, 0.1) is 11.1 Å². The zero-order valence-corrected chi connectivity index (χ0v) is 16.5. The van der Waals surface area contributed by atoms with Crippen LogP contribution < -0.4 is 5.32 Å². The van der Waals surface area contributed by atoms with Gasteiger partial charge in [0.2, 0.25) is 5.91 Å². The Labute approximate surface area is 155 Å². The van der Waals surface area contributed by atoms with Crippen LogP contribution in [0, 0.1) is 6.92 Å².